The molecule has 0 aromatic heterocycles. The fourth-order valence-corrected chi connectivity index (χ4v) is 2.14. The number of aliphatic imine (C=N–C) groups is 2. The summed E-state index contributed by atoms with van der Waals surface area (Å²) < 4.78 is 0. The molecule has 2 rings (SSSR count). The molecule has 2 aromatic rings. The van der Waals surface area contributed by atoms with Gasteiger partial charge in [0, 0.05) is 0 Å². The lowest BCUT2D eigenvalue weighted by Gasteiger charge is -2.17. The lowest BCUT2D eigenvalue weighted by atomic mass is 9.95. The second-order valence-electron chi connectivity index (χ2n) is 5.67. The summed E-state index contributed by atoms with van der Waals surface area (Å²) in [4.78, 5) is 8.77. The van der Waals surface area contributed by atoms with E-state index in [0.717, 1.165) is 24.1 Å². The molecule has 0 aliphatic carbocycles. The molecule has 0 atom stereocenters. The molecule has 2 nitrogen and oxygen atoms in total. The van der Waals surface area contributed by atoms with Gasteiger partial charge >= 0.3 is 0 Å². The molecule has 0 aliphatic heterocycles. The van der Waals surface area contributed by atoms with Gasteiger partial charge in [-0.3, -0.25) is 0 Å². The summed E-state index contributed by atoms with van der Waals surface area (Å²) in [7, 11) is 0. The highest BCUT2D eigenvalue weighted by Gasteiger charge is 2.17. The van der Waals surface area contributed by atoms with Crippen molar-refractivity contribution < 1.29 is 0 Å². The lowest BCUT2D eigenvalue weighted by Crippen LogP contribution is -2.12. The van der Waals surface area contributed by atoms with Crippen LogP contribution in [0.5, 0.6) is 0 Å². The summed E-state index contributed by atoms with van der Waals surface area (Å²) >= 11 is 0. The maximum atomic E-state index is 4.46. The summed E-state index contributed by atoms with van der Waals surface area (Å²) in [5.74, 6) is 0. The van der Waals surface area contributed by atoms with Gasteiger partial charge in [0.15, 0.2) is 0 Å². The fourth-order valence-electron chi connectivity index (χ4n) is 2.14. The number of hydrogen-bond acceptors (Lipinski definition) is 2. The Morgan fingerprint density at radius 3 is 2.24 bits per heavy atom. The zero-order chi connectivity index (χ0) is 15.1. The highest BCUT2D eigenvalue weighted by atomic mass is 14.9. The van der Waals surface area contributed by atoms with E-state index in [1.54, 1.807) is 0 Å². The number of rotatable bonds is 5. The molecule has 2 aromatic carbocycles. The SMILES string of the molecule is CCCc1ccc(N=C=NC(C)(C)c2ccccc2)cc1. The minimum atomic E-state index is -0.313. The van der Waals surface area contributed by atoms with Crippen LogP contribution < -0.4 is 0 Å². The molecular formula is C19H22N2. The van der Waals surface area contributed by atoms with Gasteiger partial charge in [-0.15, -0.1) is 0 Å². The van der Waals surface area contributed by atoms with Gasteiger partial charge < -0.3 is 0 Å². The summed E-state index contributed by atoms with van der Waals surface area (Å²) in [6, 6.07) is 21.3. The molecule has 0 heterocycles. The Hall–Kier alpha value is -2.18. The third-order valence-electron chi connectivity index (χ3n) is 3.46. The van der Waals surface area contributed by atoms with Crippen LogP contribution in [-0.2, 0) is 12.0 Å². The van der Waals surface area contributed by atoms with Crippen LogP contribution in [0.4, 0.5) is 5.69 Å². The molecule has 0 amide bonds. The van der Waals surface area contributed by atoms with E-state index in [9.17, 15) is 0 Å². The van der Waals surface area contributed by atoms with Crippen molar-refractivity contribution in [1.29, 1.82) is 0 Å². The summed E-state index contributed by atoms with van der Waals surface area (Å²) in [6.45, 7) is 6.31. The van der Waals surface area contributed by atoms with Crippen molar-refractivity contribution in [3.63, 3.8) is 0 Å². The maximum Gasteiger partial charge on any atom is 0.0958 e. The van der Waals surface area contributed by atoms with E-state index in [0.29, 0.717) is 0 Å². The van der Waals surface area contributed by atoms with Crippen LogP contribution in [0.3, 0.4) is 0 Å². The van der Waals surface area contributed by atoms with Crippen molar-refractivity contribution in [3.05, 3.63) is 65.7 Å². The minimum Gasteiger partial charge on any atom is -0.214 e. The van der Waals surface area contributed by atoms with E-state index < -0.39 is 0 Å². The Kier molecular flexibility index (Phi) is 5.08. The van der Waals surface area contributed by atoms with E-state index in [1.807, 2.05) is 30.3 Å². The van der Waals surface area contributed by atoms with Crippen LogP contribution in [-0.4, -0.2) is 6.01 Å². The van der Waals surface area contributed by atoms with Gasteiger partial charge in [-0.05, 0) is 43.5 Å². The average Bonchev–Trinajstić information content (AvgIpc) is 2.50. The molecule has 0 aliphatic rings. The summed E-state index contributed by atoms with van der Waals surface area (Å²) in [6.07, 6.45) is 2.27. The molecule has 108 valence electrons. The predicted molar refractivity (Wildman–Crippen MR) is 89.4 cm³/mol. The molecular weight excluding hydrogens is 256 g/mol. The molecule has 2 heteroatoms. The second kappa shape index (κ2) is 7.01. The Morgan fingerprint density at radius 2 is 1.62 bits per heavy atom. The Bertz CT molecular complexity index is 618. The molecule has 0 bridgehead atoms. The molecule has 0 fully saturated rings. The van der Waals surface area contributed by atoms with Crippen molar-refractivity contribution >= 4 is 11.7 Å². The first-order valence-electron chi connectivity index (χ1n) is 7.44. The molecule has 0 N–H and O–H groups in total. The summed E-state index contributed by atoms with van der Waals surface area (Å²) in [5, 5.41) is 0. The number of benzene rings is 2. The molecule has 0 saturated heterocycles. The normalized spacial score (nSPS) is 10.8. The molecule has 0 spiro atoms. The van der Waals surface area contributed by atoms with Crippen LogP contribution in [0, 0.1) is 0 Å². The highest BCUT2D eigenvalue weighted by molar-refractivity contribution is 5.53. The first-order valence-corrected chi connectivity index (χ1v) is 7.44. The van der Waals surface area contributed by atoms with Crippen molar-refractivity contribution in [2.45, 2.75) is 39.2 Å². The lowest BCUT2D eigenvalue weighted by molar-refractivity contribution is 0.562. The standard InChI is InChI=1S/C19H22N2/c1-4-8-16-11-13-18(14-12-16)20-15-21-19(2,3)17-9-6-5-7-10-17/h5-7,9-14H,4,8H2,1-3H3. The van der Waals surface area contributed by atoms with Gasteiger partial charge in [-0.1, -0.05) is 55.8 Å². The first-order chi connectivity index (χ1) is 10.1. The molecule has 0 saturated carbocycles. The van der Waals surface area contributed by atoms with Crippen molar-refractivity contribution in [1.82, 2.24) is 0 Å². The topological polar surface area (TPSA) is 24.7 Å². The van der Waals surface area contributed by atoms with Crippen LogP contribution in [0.1, 0.15) is 38.3 Å². The predicted octanol–water partition coefficient (Wildman–Crippen LogP) is 5.38. The third-order valence-corrected chi connectivity index (χ3v) is 3.46. The molecule has 21 heavy (non-hydrogen) atoms. The van der Waals surface area contributed by atoms with Crippen molar-refractivity contribution in [2.75, 3.05) is 0 Å². The van der Waals surface area contributed by atoms with Crippen molar-refractivity contribution in [2.24, 2.45) is 9.98 Å². The van der Waals surface area contributed by atoms with Crippen molar-refractivity contribution in [3.8, 4) is 0 Å². The Morgan fingerprint density at radius 1 is 0.952 bits per heavy atom. The van der Waals surface area contributed by atoms with Gasteiger partial charge in [-0.25, -0.2) is 4.99 Å². The fraction of sp³-hybridized carbons (Fsp3) is 0.316. The number of hydrogen-bond donors (Lipinski definition) is 0. The Labute approximate surface area is 127 Å². The smallest absolute Gasteiger partial charge is 0.0958 e. The van der Waals surface area contributed by atoms with Crippen LogP contribution >= 0.6 is 0 Å². The maximum absolute atomic E-state index is 4.46. The van der Waals surface area contributed by atoms with Gasteiger partial charge in [0.05, 0.1) is 17.2 Å². The van der Waals surface area contributed by atoms with E-state index in [-0.39, 0.29) is 5.54 Å². The number of nitrogens with zero attached hydrogens (tertiary/aromatic N) is 2. The van der Waals surface area contributed by atoms with Gasteiger partial charge in [0.1, 0.15) is 0 Å². The molecule has 0 unspecified atom stereocenters. The zero-order valence-electron chi connectivity index (χ0n) is 13.0. The average molecular weight is 278 g/mol. The zero-order valence-corrected chi connectivity index (χ0v) is 13.0. The quantitative estimate of drug-likeness (QED) is 0.656. The van der Waals surface area contributed by atoms with E-state index >= 15 is 0 Å². The minimum absolute atomic E-state index is 0.313. The van der Waals surface area contributed by atoms with Gasteiger partial charge in [0.25, 0.3) is 0 Å². The summed E-state index contributed by atoms with van der Waals surface area (Å²) in [5.41, 5.74) is 3.08. The third kappa shape index (κ3) is 4.40. The highest BCUT2D eigenvalue weighted by Crippen LogP contribution is 2.23. The second-order valence-corrected chi connectivity index (χ2v) is 5.67. The van der Waals surface area contributed by atoms with Crippen LogP contribution in [0.25, 0.3) is 0 Å². The van der Waals surface area contributed by atoms with E-state index in [2.05, 4.69) is 61.0 Å². The van der Waals surface area contributed by atoms with Crippen LogP contribution in [0.15, 0.2) is 64.6 Å². The van der Waals surface area contributed by atoms with E-state index in [4.69, 9.17) is 0 Å². The monoisotopic (exact) mass is 278 g/mol. The Balaban J connectivity index is 2.12. The molecule has 0 radical (unpaired) electrons. The number of aryl methyl sites for hydroxylation is 1. The van der Waals surface area contributed by atoms with Gasteiger partial charge in [-0.2, -0.15) is 4.99 Å². The van der Waals surface area contributed by atoms with E-state index in [1.165, 1.54) is 5.56 Å². The van der Waals surface area contributed by atoms with Crippen LogP contribution in [0.2, 0.25) is 0 Å². The largest absolute Gasteiger partial charge is 0.214 e. The first kappa shape index (κ1) is 15.2. The van der Waals surface area contributed by atoms with Gasteiger partial charge in [0.2, 0.25) is 0 Å².